The normalized spacial score (nSPS) is 18.2. The van der Waals surface area contributed by atoms with Gasteiger partial charge < -0.3 is 14.6 Å². The van der Waals surface area contributed by atoms with Crippen molar-refractivity contribution in [1.82, 2.24) is 4.90 Å². The molecule has 4 heteroatoms. The number of morpholine rings is 1. The van der Waals surface area contributed by atoms with Crippen molar-refractivity contribution in [3.63, 3.8) is 0 Å². The van der Waals surface area contributed by atoms with E-state index in [1.165, 1.54) is 5.56 Å². The number of nitrogens with zero attached hydrogens (tertiary/aromatic N) is 1. The van der Waals surface area contributed by atoms with E-state index in [2.05, 4.69) is 49.9 Å². The van der Waals surface area contributed by atoms with Crippen molar-refractivity contribution in [2.24, 2.45) is 5.92 Å². The Kier molecular flexibility index (Phi) is 8.32. The van der Waals surface area contributed by atoms with Gasteiger partial charge in [-0.1, -0.05) is 63.2 Å². The molecule has 164 valence electrons. The minimum absolute atomic E-state index is 0.0190. The topological polar surface area (TPSA) is 41.9 Å². The summed E-state index contributed by atoms with van der Waals surface area (Å²) in [5.41, 5.74) is 1.17. The number of ether oxygens (including phenoxy) is 2. The summed E-state index contributed by atoms with van der Waals surface area (Å²) in [5.74, 6) is 1.47. The van der Waals surface area contributed by atoms with Crippen molar-refractivity contribution in [2.75, 3.05) is 39.5 Å². The Bertz CT molecular complexity index is 741. The quantitative estimate of drug-likeness (QED) is 0.608. The van der Waals surface area contributed by atoms with Crippen molar-refractivity contribution in [1.29, 1.82) is 0 Å². The number of hydrogen-bond donors (Lipinski definition) is 1. The van der Waals surface area contributed by atoms with Crippen LogP contribution >= 0.6 is 0 Å². The Morgan fingerprint density at radius 3 is 2.30 bits per heavy atom. The molecule has 0 unspecified atom stereocenters. The van der Waals surface area contributed by atoms with Crippen LogP contribution in [0.5, 0.6) is 5.75 Å². The smallest absolute Gasteiger partial charge is 0.119 e. The van der Waals surface area contributed by atoms with Crippen molar-refractivity contribution >= 4 is 0 Å². The molecule has 1 saturated heterocycles. The van der Waals surface area contributed by atoms with Gasteiger partial charge in [0.2, 0.25) is 0 Å². The molecule has 0 spiro atoms. The Labute approximate surface area is 181 Å². The van der Waals surface area contributed by atoms with Crippen molar-refractivity contribution < 1.29 is 14.6 Å². The van der Waals surface area contributed by atoms with E-state index in [-0.39, 0.29) is 5.92 Å². The fourth-order valence-corrected chi connectivity index (χ4v) is 4.16. The highest BCUT2D eigenvalue weighted by Crippen LogP contribution is 2.41. The zero-order chi connectivity index (χ0) is 21.4. The number of benzene rings is 2. The van der Waals surface area contributed by atoms with Gasteiger partial charge in [-0.3, -0.25) is 4.90 Å². The fourth-order valence-electron chi connectivity index (χ4n) is 4.16. The summed E-state index contributed by atoms with van der Waals surface area (Å²) in [4.78, 5) is 2.41. The molecule has 1 N–H and O–H groups in total. The first-order valence-electron chi connectivity index (χ1n) is 11.3. The maximum absolute atomic E-state index is 12.0. The van der Waals surface area contributed by atoms with Crippen LogP contribution in [0.3, 0.4) is 0 Å². The molecule has 1 heterocycles. The van der Waals surface area contributed by atoms with Crippen molar-refractivity contribution in [3.8, 4) is 5.75 Å². The van der Waals surface area contributed by atoms with Gasteiger partial charge in [-0.25, -0.2) is 0 Å². The minimum Gasteiger partial charge on any atom is -0.494 e. The number of rotatable bonds is 10. The molecule has 1 fully saturated rings. The average molecular weight is 412 g/mol. The molecule has 2 aromatic rings. The molecule has 0 amide bonds. The van der Waals surface area contributed by atoms with Crippen LogP contribution in [0.1, 0.15) is 50.7 Å². The van der Waals surface area contributed by atoms with E-state index in [9.17, 15) is 5.11 Å². The molecule has 1 aliphatic rings. The summed E-state index contributed by atoms with van der Waals surface area (Å²) in [5, 5.41) is 12.0. The Morgan fingerprint density at radius 2 is 1.70 bits per heavy atom. The third kappa shape index (κ3) is 5.84. The lowest BCUT2D eigenvalue weighted by atomic mass is 9.75. The summed E-state index contributed by atoms with van der Waals surface area (Å²) >= 11 is 0. The zero-order valence-corrected chi connectivity index (χ0v) is 18.7. The molecule has 2 aromatic carbocycles. The third-order valence-electron chi connectivity index (χ3n) is 6.18. The van der Waals surface area contributed by atoms with Crippen LogP contribution in [0.25, 0.3) is 0 Å². The van der Waals surface area contributed by atoms with Crippen LogP contribution in [0, 0.1) is 5.92 Å². The highest BCUT2D eigenvalue weighted by Gasteiger charge is 2.39. The standard InChI is InChI=1S/C26H37NO3/c1-4-26(28,23-10-12-24(13-11-23)30-17-14-21(2)3)25(22-8-6-5-7-9-22)20-27-15-18-29-19-16-27/h5-13,21,25,28H,4,14-20H2,1-3H3/t25-,26-/m1/s1. The number of aliphatic hydroxyl groups is 1. The van der Waals surface area contributed by atoms with Crippen LogP contribution in [-0.2, 0) is 10.3 Å². The first kappa shape index (κ1) is 22.8. The second-order valence-electron chi connectivity index (χ2n) is 8.71. The summed E-state index contributed by atoms with van der Waals surface area (Å²) in [7, 11) is 0. The lowest BCUT2D eigenvalue weighted by Crippen LogP contribution is -2.44. The van der Waals surface area contributed by atoms with Crippen LogP contribution in [0.15, 0.2) is 54.6 Å². The van der Waals surface area contributed by atoms with Gasteiger partial charge in [-0.15, -0.1) is 0 Å². The van der Waals surface area contributed by atoms with Gasteiger partial charge in [0.05, 0.1) is 25.4 Å². The summed E-state index contributed by atoms with van der Waals surface area (Å²) in [6, 6.07) is 18.5. The van der Waals surface area contributed by atoms with E-state index in [1.54, 1.807) is 0 Å². The maximum atomic E-state index is 12.0. The average Bonchev–Trinajstić information content (AvgIpc) is 2.78. The third-order valence-corrected chi connectivity index (χ3v) is 6.18. The Hall–Kier alpha value is -1.88. The van der Waals surface area contributed by atoms with E-state index in [4.69, 9.17) is 9.47 Å². The predicted octanol–water partition coefficient (Wildman–Crippen LogP) is 4.83. The van der Waals surface area contributed by atoms with Gasteiger partial charge in [0.1, 0.15) is 5.75 Å². The molecular formula is C26H37NO3. The SMILES string of the molecule is CC[C@@](O)(c1ccc(OCCC(C)C)cc1)[C@H](CN1CCOCC1)c1ccccc1. The highest BCUT2D eigenvalue weighted by atomic mass is 16.5. The van der Waals surface area contributed by atoms with Crippen LogP contribution in [0.2, 0.25) is 0 Å². The zero-order valence-electron chi connectivity index (χ0n) is 18.7. The summed E-state index contributed by atoms with van der Waals surface area (Å²) in [6.45, 7) is 11.3. The number of hydrogen-bond acceptors (Lipinski definition) is 4. The summed E-state index contributed by atoms with van der Waals surface area (Å²) in [6.07, 6.45) is 1.68. The second-order valence-corrected chi connectivity index (χ2v) is 8.71. The van der Waals surface area contributed by atoms with E-state index in [0.717, 1.165) is 57.2 Å². The van der Waals surface area contributed by atoms with Gasteiger partial charge in [-0.2, -0.15) is 0 Å². The van der Waals surface area contributed by atoms with E-state index in [0.29, 0.717) is 12.3 Å². The van der Waals surface area contributed by atoms with E-state index >= 15 is 0 Å². The van der Waals surface area contributed by atoms with E-state index in [1.807, 2.05) is 30.3 Å². The molecule has 4 nitrogen and oxygen atoms in total. The lowest BCUT2D eigenvalue weighted by molar-refractivity contribution is -0.0250. The maximum Gasteiger partial charge on any atom is 0.119 e. The monoisotopic (exact) mass is 411 g/mol. The molecule has 0 bridgehead atoms. The largest absolute Gasteiger partial charge is 0.494 e. The first-order valence-corrected chi connectivity index (χ1v) is 11.3. The molecule has 0 aliphatic carbocycles. The van der Waals surface area contributed by atoms with E-state index < -0.39 is 5.60 Å². The second kappa shape index (κ2) is 10.9. The van der Waals surface area contributed by atoms with Crippen LogP contribution in [0.4, 0.5) is 0 Å². The fraction of sp³-hybridized carbons (Fsp3) is 0.538. The molecule has 3 rings (SSSR count). The molecule has 2 atom stereocenters. The van der Waals surface area contributed by atoms with Crippen molar-refractivity contribution in [2.45, 2.75) is 45.1 Å². The molecule has 0 aromatic heterocycles. The molecular weight excluding hydrogens is 374 g/mol. The predicted molar refractivity (Wildman–Crippen MR) is 122 cm³/mol. The highest BCUT2D eigenvalue weighted by molar-refractivity contribution is 5.35. The molecule has 30 heavy (non-hydrogen) atoms. The first-order chi connectivity index (χ1) is 14.5. The van der Waals surface area contributed by atoms with Gasteiger partial charge >= 0.3 is 0 Å². The van der Waals surface area contributed by atoms with Gasteiger partial charge in [0.15, 0.2) is 0 Å². The summed E-state index contributed by atoms with van der Waals surface area (Å²) < 4.78 is 11.4. The Balaban J connectivity index is 1.83. The minimum atomic E-state index is -0.948. The van der Waals surface area contributed by atoms with Crippen LogP contribution < -0.4 is 4.74 Å². The van der Waals surface area contributed by atoms with Crippen molar-refractivity contribution in [3.05, 3.63) is 65.7 Å². The van der Waals surface area contributed by atoms with Gasteiger partial charge in [-0.05, 0) is 42.0 Å². The molecule has 0 radical (unpaired) electrons. The molecule has 1 aliphatic heterocycles. The Morgan fingerprint density at radius 1 is 1.03 bits per heavy atom. The lowest BCUT2D eigenvalue weighted by Gasteiger charge is -2.40. The van der Waals surface area contributed by atoms with Gasteiger partial charge in [0.25, 0.3) is 0 Å². The van der Waals surface area contributed by atoms with Crippen LogP contribution in [-0.4, -0.2) is 49.5 Å². The van der Waals surface area contributed by atoms with Gasteiger partial charge in [0, 0.05) is 25.6 Å². The molecule has 0 saturated carbocycles.